The lowest BCUT2D eigenvalue weighted by Gasteiger charge is -2.16. The summed E-state index contributed by atoms with van der Waals surface area (Å²) in [7, 11) is 2.22. The SMILES string of the molecule is CN(CCNc1ccc2ccccc2c1)C1CC1. The quantitative estimate of drug-likeness (QED) is 0.862. The molecule has 3 rings (SSSR count). The molecular formula is C16H20N2. The van der Waals surface area contributed by atoms with Gasteiger partial charge in [0.2, 0.25) is 0 Å². The molecule has 94 valence electrons. The fourth-order valence-corrected chi connectivity index (χ4v) is 2.37. The number of hydrogen-bond donors (Lipinski definition) is 1. The van der Waals surface area contributed by atoms with E-state index in [0.717, 1.165) is 19.1 Å². The second-order valence-electron chi connectivity index (χ2n) is 5.20. The number of benzene rings is 2. The zero-order valence-corrected chi connectivity index (χ0v) is 10.9. The van der Waals surface area contributed by atoms with Crippen LogP contribution >= 0.6 is 0 Å². The molecule has 0 amide bonds. The van der Waals surface area contributed by atoms with Gasteiger partial charge in [-0.3, -0.25) is 0 Å². The Kier molecular flexibility index (Phi) is 3.20. The third kappa shape index (κ3) is 2.65. The summed E-state index contributed by atoms with van der Waals surface area (Å²) in [6.07, 6.45) is 2.76. The normalized spacial score (nSPS) is 15.2. The summed E-state index contributed by atoms with van der Waals surface area (Å²) in [4.78, 5) is 2.45. The van der Waals surface area contributed by atoms with E-state index in [0.29, 0.717) is 0 Å². The molecule has 0 radical (unpaired) electrons. The highest BCUT2D eigenvalue weighted by molar-refractivity contribution is 5.85. The van der Waals surface area contributed by atoms with E-state index >= 15 is 0 Å². The fourth-order valence-electron chi connectivity index (χ4n) is 2.37. The monoisotopic (exact) mass is 240 g/mol. The van der Waals surface area contributed by atoms with Gasteiger partial charge >= 0.3 is 0 Å². The van der Waals surface area contributed by atoms with Gasteiger partial charge < -0.3 is 10.2 Å². The molecule has 2 nitrogen and oxygen atoms in total. The Labute approximate surface area is 109 Å². The van der Waals surface area contributed by atoms with Crippen molar-refractivity contribution in [3.05, 3.63) is 42.5 Å². The van der Waals surface area contributed by atoms with Crippen molar-refractivity contribution in [3.63, 3.8) is 0 Å². The number of rotatable bonds is 5. The van der Waals surface area contributed by atoms with Crippen molar-refractivity contribution in [2.45, 2.75) is 18.9 Å². The summed E-state index contributed by atoms with van der Waals surface area (Å²) < 4.78 is 0. The van der Waals surface area contributed by atoms with Crippen LogP contribution in [0.25, 0.3) is 10.8 Å². The lowest BCUT2D eigenvalue weighted by atomic mass is 10.1. The molecule has 1 aliphatic carbocycles. The van der Waals surface area contributed by atoms with E-state index in [1.807, 2.05) is 0 Å². The Morgan fingerprint density at radius 3 is 2.67 bits per heavy atom. The number of hydrogen-bond acceptors (Lipinski definition) is 2. The molecule has 2 heteroatoms. The maximum Gasteiger partial charge on any atom is 0.0347 e. The van der Waals surface area contributed by atoms with E-state index in [1.54, 1.807) is 0 Å². The second kappa shape index (κ2) is 4.99. The number of likely N-dealkylation sites (N-methyl/N-ethyl adjacent to an activating group) is 1. The first-order chi connectivity index (χ1) is 8.83. The summed E-state index contributed by atoms with van der Waals surface area (Å²) in [5, 5.41) is 6.12. The van der Waals surface area contributed by atoms with E-state index in [2.05, 4.69) is 59.7 Å². The smallest absolute Gasteiger partial charge is 0.0347 e. The largest absolute Gasteiger partial charge is 0.384 e. The van der Waals surface area contributed by atoms with Crippen LogP contribution in [0, 0.1) is 0 Å². The van der Waals surface area contributed by atoms with Crippen molar-refractivity contribution in [2.24, 2.45) is 0 Å². The minimum Gasteiger partial charge on any atom is -0.384 e. The molecule has 1 aliphatic rings. The molecule has 1 N–H and O–H groups in total. The Balaban J connectivity index is 1.60. The van der Waals surface area contributed by atoms with Gasteiger partial charge in [0.1, 0.15) is 0 Å². The van der Waals surface area contributed by atoms with E-state index < -0.39 is 0 Å². The van der Waals surface area contributed by atoms with Gasteiger partial charge in [0, 0.05) is 24.8 Å². The van der Waals surface area contributed by atoms with Gasteiger partial charge in [-0.1, -0.05) is 30.3 Å². The first-order valence-electron chi connectivity index (χ1n) is 6.76. The summed E-state index contributed by atoms with van der Waals surface area (Å²) in [6, 6.07) is 15.9. The molecule has 0 aliphatic heterocycles. The highest BCUT2D eigenvalue weighted by atomic mass is 15.2. The van der Waals surface area contributed by atoms with Gasteiger partial charge in [-0.25, -0.2) is 0 Å². The summed E-state index contributed by atoms with van der Waals surface area (Å²) in [6.45, 7) is 2.14. The van der Waals surface area contributed by atoms with Crippen molar-refractivity contribution in [1.29, 1.82) is 0 Å². The van der Waals surface area contributed by atoms with Gasteiger partial charge in [-0.2, -0.15) is 0 Å². The van der Waals surface area contributed by atoms with Gasteiger partial charge in [0.05, 0.1) is 0 Å². The van der Waals surface area contributed by atoms with Crippen molar-refractivity contribution >= 4 is 16.5 Å². The fraction of sp³-hybridized carbons (Fsp3) is 0.375. The highest BCUT2D eigenvalue weighted by Gasteiger charge is 2.25. The number of fused-ring (bicyclic) bond motifs is 1. The molecule has 1 fully saturated rings. The predicted octanol–water partition coefficient (Wildman–Crippen LogP) is 3.35. The van der Waals surface area contributed by atoms with Gasteiger partial charge in [-0.05, 0) is 42.8 Å². The topological polar surface area (TPSA) is 15.3 Å². The first-order valence-corrected chi connectivity index (χ1v) is 6.76. The summed E-state index contributed by atoms with van der Waals surface area (Å²) in [5.74, 6) is 0. The lowest BCUT2D eigenvalue weighted by molar-refractivity contribution is 0.337. The van der Waals surface area contributed by atoms with Crippen LogP contribution in [-0.4, -0.2) is 31.1 Å². The Hall–Kier alpha value is -1.54. The Morgan fingerprint density at radius 1 is 1.11 bits per heavy atom. The molecule has 18 heavy (non-hydrogen) atoms. The third-order valence-electron chi connectivity index (χ3n) is 3.71. The van der Waals surface area contributed by atoms with Crippen LogP contribution in [-0.2, 0) is 0 Å². The molecule has 2 aromatic carbocycles. The molecule has 2 aromatic rings. The van der Waals surface area contributed by atoms with Crippen LogP contribution in [0.4, 0.5) is 5.69 Å². The van der Waals surface area contributed by atoms with Gasteiger partial charge in [0.25, 0.3) is 0 Å². The second-order valence-corrected chi connectivity index (χ2v) is 5.20. The molecule has 1 saturated carbocycles. The van der Waals surface area contributed by atoms with Crippen LogP contribution in [0.2, 0.25) is 0 Å². The van der Waals surface area contributed by atoms with Crippen LogP contribution < -0.4 is 5.32 Å². The molecular weight excluding hydrogens is 220 g/mol. The molecule has 0 bridgehead atoms. The lowest BCUT2D eigenvalue weighted by Crippen LogP contribution is -2.26. The minimum atomic E-state index is 0.850. The summed E-state index contributed by atoms with van der Waals surface area (Å²) >= 11 is 0. The van der Waals surface area contributed by atoms with E-state index in [1.165, 1.54) is 29.3 Å². The zero-order chi connectivity index (χ0) is 12.4. The van der Waals surface area contributed by atoms with Gasteiger partial charge in [0.15, 0.2) is 0 Å². The van der Waals surface area contributed by atoms with E-state index in [9.17, 15) is 0 Å². The molecule has 0 heterocycles. The van der Waals surface area contributed by atoms with Crippen LogP contribution in [0.15, 0.2) is 42.5 Å². The van der Waals surface area contributed by atoms with Crippen molar-refractivity contribution < 1.29 is 0 Å². The Morgan fingerprint density at radius 2 is 1.89 bits per heavy atom. The van der Waals surface area contributed by atoms with Crippen molar-refractivity contribution in [3.8, 4) is 0 Å². The van der Waals surface area contributed by atoms with E-state index in [-0.39, 0.29) is 0 Å². The molecule has 0 unspecified atom stereocenters. The average molecular weight is 240 g/mol. The maximum atomic E-state index is 3.51. The first kappa shape index (κ1) is 11.5. The predicted molar refractivity (Wildman–Crippen MR) is 78.1 cm³/mol. The Bertz CT molecular complexity index is 531. The summed E-state index contributed by atoms with van der Waals surface area (Å²) in [5.41, 5.74) is 1.22. The minimum absolute atomic E-state index is 0.850. The van der Waals surface area contributed by atoms with Crippen molar-refractivity contribution in [1.82, 2.24) is 4.90 Å². The van der Waals surface area contributed by atoms with Crippen LogP contribution in [0.5, 0.6) is 0 Å². The zero-order valence-electron chi connectivity index (χ0n) is 10.9. The number of anilines is 1. The molecule has 0 atom stereocenters. The van der Waals surface area contributed by atoms with Crippen LogP contribution in [0.3, 0.4) is 0 Å². The standard InChI is InChI=1S/C16H20N2/c1-18(16-8-9-16)11-10-17-15-7-6-13-4-2-3-5-14(13)12-15/h2-7,12,16-17H,8-11H2,1H3. The van der Waals surface area contributed by atoms with Crippen molar-refractivity contribution in [2.75, 3.05) is 25.5 Å². The third-order valence-corrected chi connectivity index (χ3v) is 3.71. The van der Waals surface area contributed by atoms with Gasteiger partial charge in [-0.15, -0.1) is 0 Å². The molecule has 0 spiro atoms. The van der Waals surface area contributed by atoms with E-state index in [4.69, 9.17) is 0 Å². The maximum absolute atomic E-state index is 3.51. The number of nitrogens with one attached hydrogen (secondary N) is 1. The molecule has 0 aromatic heterocycles. The average Bonchev–Trinajstić information content (AvgIpc) is 3.23. The number of nitrogens with zero attached hydrogens (tertiary/aromatic N) is 1. The molecule has 0 saturated heterocycles. The highest BCUT2D eigenvalue weighted by Crippen LogP contribution is 2.25. The van der Waals surface area contributed by atoms with Crippen LogP contribution in [0.1, 0.15) is 12.8 Å².